The summed E-state index contributed by atoms with van der Waals surface area (Å²) in [6, 6.07) is 0. The van der Waals surface area contributed by atoms with Crippen molar-refractivity contribution in [2.24, 2.45) is 0 Å². The SMILES string of the molecule is O=C1C=CCCCCCCCCCCCC1. The third-order valence-electron chi connectivity index (χ3n) is 3.35. The molecule has 0 aliphatic heterocycles. The summed E-state index contributed by atoms with van der Waals surface area (Å²) in [6.45, 7) is 0. The predicted molar refractivity (Wildman–Crippen MR) is 69.6 cm³/mol. The molecular weight excluding hydrogens is 196 g/mol. The molecule has 1 aliphatic carbocycles. The lowest BCUT2D eigenvalue weighted by atomic mass is 10.1. The summed E-state index contributed by atoms with van der Waals surface area (Å²) >= 11 is 0. The minimum atomic E-state index is 0.329. The summed E-state index contributed by atoms with van der Waals surface area (Å²) in [5, 5.41) is 0. The summed E-state index contributed by atoms with van der Waals surface area (Å²) in [6.07, 6.45) is 18.9. The van der Waals surface area contributed by atoms with Gasteiger partial charge in [-0.1, -0.05) is 57.4 Å². The van der Waals surface area contributed by atoms with E-state index in [1.54, 1.807) is 6.08 Å². The summed E-state index contributed by atoms with van der Waals surface area (Å²) < 4.78 is 0. The van der Waals surface area contributed by atoms with Crippen molar-refractivity contribution in [1.29, 1.82) is 0 Å². The van der Waals surface area contributed by atoms with Crippen LogP contribution in [0.4, 0.5) is 0 Å². The van der Waals surface area contributed by atoms with Crippen LogP contribution in [-0.4, -0.2) is 5.78 Å². The third-order valence-corrected chi connectivity index (χ3v) is 3.35. The van der Waals surface area contributed by atoms with Crippen LogP contribution in [0.2, 0.25) is 0 Å². The van der Waals surface area contributed by atoms with Gasteiger partial charge in [0.15, 0.2) is 5.78 Å². The van der Waals surface area contributed by atoms with Crippen LogP contribution in [0.5, 0.6) is 0 Å². The van der Waals surface area contributed by atoms with Gasteiger partial charge in [-0.15, -0.1) is 0 Å². The lowest BCUT2D eigenvalue weighted by molar-refractivity contribution is -0.114. The summed E-state index contributed by atoms with van der Waals surface area (Å²) in [5.41, 5.74) is 0. The van der Waals surface area contributed by atoms with Gasteiger partial charge in [-0.2, -0.15) is 0 Å². The molecule has 1 rings (SSSR count). The maximum Gasteiger partial charge on any atom is 0.155 e. The molecule has 0 radical (unpaired) electrons. The van der Waals surface area contributed by atoms with Crippen LogP contribution in [0.15, 0.2) is 12.2 Å². The molecule has 0 aromatic heterocycles. The molecule has 0 atom stereocenters. The first kappa shape index (κ1) is 13.5. The maximum absolute atomic E-state index is 11.4. The van der Waals surface area contributed by atoms with E-state index in [-0.39, 0.29) is 0 Å². The molecule has 0 spiro atoms. The van der Waals surface area contributed by atoms with Gasteiger partial charge >= 0.3 is 0 Å². The first-order valence-corrected chi connectivity index (χ1v) is 7.09. The molecule has 0 bridgehead atoms. The van der Waals surface area contributed by atoms with Gasteiger partial charge < -0.3 is 0 Å². The van der Waals surface area contributed by atoms with Gasteiger partial charge in [0.05, 0.1) is 0 Å². The second-order valence-corrected chi connectivity index (χ2v) is 4.94. The monoisotopic (exact) mass is 222 g/mol. The van der Waals surface area contributed by atoms with Crippen LogP contribution in [0.1, 0.15) is 77.0 Å². The van der Waals surface area contributed by atoms with Crippen molar-refractivity contribution < 1.29 is 4.79 Å². The number of hydrogen-bond acceptors (Lipinski definition) is 1. The Hall–Kier alpha value is -0.590. The lowest BCUT2D eigenvalue weighted by Gasteiger charge is -2.01. The fourth-order valence-electron chi connectivity index (χ4n) is 2.27. The van der Waals surface area contributed by atoms with E-state index in [1.807, 2.05) is 0 Å². The summed E-state index contributed by atoms with van der Waals surface area (Å²) in [7, 11) is 0. The fraction of sp³-hybridized carbons (Fsp3) is 0.800. The van der Waals surface area contributed by atoms with Crippen LogP contribution in [0, 0.1) is 0 Å². The van der Waals surface area contributed by atoms with E-state index < -0.39 is 0 Å². The predicted octanol–water partition coefficient (Wildman–Crippen LogP) is 4.81. The highest BCUT2D eigenvalue weighted by Gasteiger charge is 1.98. The van der Waals surface area contributed by atoms with E-state index in [9.17, 15) is 4.79 Å². The molecule has 0 saturated carbocycles. The molecule has 0 aromatic rings. The Balaban J connectivity index is 2.21. The van der Waals surface area contributed by atoms with E-state index in [0.29, 0.717) is 5.78 Å². The van der Waals surface area contributed by atoms with E-state index in [2.05, 4.69) is 6.08 Å². The van der Waals surface area contributed by atoms with Gasteiger partial charge in [0.25, 0.3) is 0 Å². The second kappa shape index (κ2) is 9.62. The van der Waals surface area contributed by atoms with Crippen LogP contribution in [0.25, 0.3) is 0 Å². The average molecular weight is 222 g/mol. The van der Waals surface area contributed by atoms with Crippen LogP contribution < -0.4 is 0 Å². The largest absolute Gasteiger partial charge is 0.295 e. The van der Waals surface area contributed by atoms with Gasteiger partial charge in [-0.25, -0.2) is 0 Å². The van der Waals surface area contributed by atoms with Crippen molar-refractivity contribution in [3.8, 4) is 0 Å². The number of allylic oxidation sites excluding steroid dienone is 2. The van der Waals surface area contributed by atoms with Crippen molar-refractivity contribution in [3.63, 3.8) is 0 Å². The van der Waals surface area contributed by atoms with E-state index in [1.165, 1.54) is 57.8 Å². The number of hydrogen-bond donors (Lipinski definition) is 0. The van der Waals surface area contributed by atoms with Gasteiger partial charge in [-0.3, -0.25) is 4.79 Å². The van der Waals surface area contributed by atoms with Gasteiger partial charge in [0.1, 0.15) is 0 Å². The van der Waals surface area contributed by atoms with Crippen molar-refractivity contribution in [2.75, 3.05) is 0 Å². The zero-order valence-electron chi connectivity index (χ0n) is 10.5. The molecule has 16 heavy (non-hydrogen) atoms. The van der Waals surface area contributed by atoms with Crippen molar-refractivity contribution in [1.82, 2.24) is 0 Å². The Morgan fingerprint density at radius 3 is 1.81 bits per heavy atom. The molecule has 0 unspecified atom stereocenters. The fourth-order valence-corrected chi connectivity index (χ4v) is 2.27. The Morgan fingerprint density at radius 2 is 1.19 bits per heavy atom. The molecule has 92 valence electrons. The third kappa shape index (κ3) is 7.67. The van der Waals surface area contributed by atoms with E-state index >= 15 is 0 Å². The molecule has 0 heterocycles. The normalized spacial score (nSPS) is 22.4. The van der Waals surface area contributed by atoms with Crippen molar-refractivity contribution >= 4 is 5.78 Å². The zero-order valence-corrected chi connectivity index (χ0v) is 10.5. The topological polar surface area (TPSA) is 17.1 Å². The highest BCUT2D eigenvalue weighted by atomic mass is 16.1. The molecule has 1 heteroatoms. The zero-order chi connectivity index (χ0) is 11.5. The second-order valence-electron chi connectivity index (χ2n) is 4.94. The highest BCUT2D eigenvalue weighted by molar-refractivity contribution is 5.89. The molecule has 0 N–H and O–H groups in total. The Bertz CT molecular complexity index is 205. The maximum atomic E-state index is 11.4. The van der Waals surface area contributed by atoms with Gasteiger partial charge in [-0.05, 0) is 25.3 Å². The highest BCUT2D eigenvalue weighted by Crippen LogP contribution is 2.13. The standard InChI is InChI=1S/C15H26O/c16-15-13-11-9-7-5-3-1-2-4-6-8-10-12-14-15/h11,13H,1-10,12,14H2. The van der Waals surface area contributed by atoms with Gasteiger partial charge in [0.2, 0.25) is 0 Å². The lowest BCUT2D eigenvalue weighted by Crippen LogP contribution is -1.92. The van der Waals surface area contributed by atoms with Crippen LogP contribution in [-0.2, 0) is 4.79 Å². The number of rotatable bonds is 0. The Labute approximate surface area is 100 Å². The molecule has 1 nitrogen and oxygen atoms in total. The van der Waals surface area contributed by atoms with E-state index in [4.69, 9.17) is 0 Å². The molecule has 0 saturated heterocycles. The summed E-state index contributed by atoms with van der Waals surface area (Å²) in [4.78, 5) is 11.4. The molecular formula is C15H26O. The minimum Gasteiger partial charge on any atom is -0.295 e. The molecule has 0 fully saturated rings. The molecule has 0 aromatic carbocycles. The number of carbonyl (C=O) groups excluding carboxylic acids is 1. The van der Waals surface area contributed by atoms with E-state index in [0.717, 1.165) is 19.3 Å². The first-order chi connectivity index (χ1) is 7.89. The minimum absolute atomic E-state index is 0.329. The smallest absolute Gasteiger partial charge is 0.155 e. The Morgan fingerprint density at radius 1 is 0.688 bits per heavy atom. The molecule has 1 aliphatic rings. The molecule has 0 amide bonds. The van der Waals surface area contributed by atoms with Gasteiger partial charge in [0, 0.05) is 6.42 Å². The first-order valence-electron chi connectivity index (χ1n) is 7.09. The van der Waals surface area contributed by atoms with Crippen molar-refractivity contribution in [2.45, 2.75) is 77.0 Å². The van der Waals surface area contributed by atoms with Crippen LogP contribution in [0.3, 0.4) is 0 Å². The number of carbonyl (C=O) groups is 1. The quantitative estimate of drug-likeness (QED) is 0.575. The van der Waals surface area contributed by atoms with Crippen LogP contribution >= 0.6 is 0 Å². The Kier molecular flexibility index (Phi) is 8.10. The summed E-state index contributed by atoms with van der Waals surface area (Å²) in [5.74, 6) is 0.329. The average Bonchev–Trinajstić information content (AvgIpc) is 2.29. The number of ketones is 1. The van der Waals surface area contributed by atoms with Crippen molar-refractivity contribution in [3.05, 3.63) is 12.2 Å².